The van der Waals surface area contributed by atoms with Crippen molar-refractivity contribution in [3.8, 4) is 11.1 Å². The Labute approximate surface area is 217 Å². The quantitative estimate of drug-likeness (QED) is 0.376. The predicted octanol–water partition coefficient (Wildman–Crippen LogP) is 5.67. The zero-order valence-corrected chi connectivity index (χ0v) is 21.5. The van der Waals surface area contributed by atoms with Crippen LogP contribution < -0.4 is 5.32 Å². The minimum absolute atomic E-state index is 0.0546. The molecule has 37 heavy (non-hydrogen) atoms. The molecule has 1 saturated heterocycles. The van der Waals surface area contributed by atoms with E-state index >= 15 is 0 Å². The van der Waals surface area contributed by atoms with Gasteiger partial charge in [0.05, 0.1) is 18.8 Å². The van der Waals surface area contributed by atoms with Crippen LogP contribution in [0.15, 0.2) is 48.5 Å². The summed E-state index contributed by atoms with van der Waals surface area (Å²) in [5, 5.41) is 11.4. The third-order valence-corrected chi connectivity index (χ3v) is 7.48. The maximum absolute atomic E-state index is 14.2. The van der Waals surface area contributed by atoms with Gasteiger partial charge in [0.2, 0.25) is 5.79 Å². The summed E-state index contributed by atoms with van der Waals surface area (Å²) in [6.07, 6.45) is 2.04. The van der Waals surface area contributed by atoms with Crippen LogP contribution in [0, 0.1) is 5.92 Å². The number of hydrogen-bond donors (Lipinski definition) is 2. The Morgan fingerprint density at radius 1 is 0.973 bits per heavy atom. The molecule has 0 radical (unpaired) electrons. The van der Waals surface area contributed by atoms with Crippen LogP contribution in [0.4, 0.5) is 9.18 Å². The molecule has 2 atom stereocenters. The number of halogens is 1. The summed E-state index contributed by atoms with van der Waals surface area (Å²) >= 11 is 0. The third-order valence-electron chi connectivity index (χ3n) is 7.48. The zero-order chi connectivity index (χ0) is 26.4. The Morgan fingerprint density at radius 3 is 2.14 bits per heavy atom. The van der Waals surface area contributed by atoms with Crippen molar-refractivity contribution in [1.29, 1.82) is 0 Å². The van der Waals surface area contributed by atoms with E-state index in [-0.39, 0.29) is 43.6 Å². The zero-order valence-electron chi connectivity index (χ0n) is 21.5. The minimum Gasteiger partial charge on any atom is -0.481 e. The van der Waals surface area contributed by atoms with Gasteiger partial charge in [-0.15, -0.1) is 0 Å². The monoisotopic (exact) mass is 513 g/mol. The molecule has 1 aliphatic heterocycles. The Balaban J connectivity index is 1.28. The highest BCUT2D eigenvalue weighted by atomic mass is 19.1. The van der Waals surface area contributed by atoms with E-state index in [1.165, 1.54) is 0 Å². The van der Waals surface area contributed by atoms with Gasteiger partial charge < -0.3 is 24.6 Å². The Hall–Kier alpha value is -2.97. The second-order valence-electron chi connectivity index (χ2n) is 10.0. The summed E-state index contributed by atoms with van der Waals surface area (Å²) in [5.74, 6) is -2.36. The maximum Gasteiger partial charge on any atom is 0.407 e. The van der Waals surface area contributed by atoms with Gasteiger partial charge in [-0.3, -0.25) is 4.79 Å². The van der Waals surface area contributed by atoms with Crippen LogP contribution in [0.5, 0.6) is 0 Å². The first-order valence-electron chi connectivity index (χ1n) is 13.1. The lowest BCUT2D eigenvalue weighted by molar-refractivity contribution is -0.332. The molecule has 4 rings (SSSR count). The van der Waals surface area contributed by atoms with Crippen molar-refractivity contribution in [1.82, 2.24) is 5.32 Å². The Kier molecular flexibility index (Phi) is 8.82. The summed E-state index contributed by atoms with van der Waals surface area (Å²) in [5.41, 5.74) is 4.53. The molecule has 1 heterocycles. The number of fused-ring (bicyclic) bond motifs is 3. The number of benzene rings is 2. The standard InChI is InChI=1S/C29H36FNO6/c1-19-21(10-4-3-5-15-27(32)33)20(2)37-29(17-30,36-19)18-31-28(34)35-16-26-24-13-8-6-11-22(24)23-12-7-9-14-25(23)26/h6-9,11-14,19-21,26H,3-5,10,15-18H2,1-2H3,(H,31,34)(H,32,33). The topological polar surface area (TPSA) is 94.1 Å². The van der Waals surface area contributed by atoms with Crippen LogP contribution in [-0.4, -0.2) is 55.0 Å². The third kappa shape index (κ3) is 6.30. The molecule has 2 N–H and O–H groups in total. The van der Waals surface area contributed by atoms with Crippen molar-refractivity contribution >= 4 is 12.1 Å². The van der Waals surface area contributed by atoms with E-state index in [4.69, 9.17) is 19.3 Å². The van der Waals surface area contributed by atoms with Gasteiger partial charge in [0, 0.05) is 18.3 Å². The smallest absolute Gasteiger partial charge is 0.407 e. The van der Waals surface area contributed by atoms with Crippen molar-refractivity contribution in [2.45, 2.75) is 69.9 Å². The fourth-order valence-electron chi connectivity index (χ4n) is 5.61. The number of alkyl halides is 1. The molecule has 2 aromatic rings. The number of alkyl carbamates (subject to hydrolysis) is 1. The van der Waals surface area contributed by atoms with Gasteiger partial charge in [-0.2, -0.15) is 0 Å². The van der Waals surface area contributed by atoms with E-state index in [0.29, 0.717) is 6.42 Å². The molecule has 2 aliphatic rings. The molecule has 0 bridgehead atoms. The molecular formula is C29H36FNO6. The number of carbonyl (C=O) groups is 2. The van der Waals surface area contributed by atoms with Crippen molar-refractivity contribution in [3.63, 3.8) is 0 Å². The number of carbonyl (C=O) groups excluding carboxylic acids is 1. The van der Waals surface area contributed by atoms with Crippen molar-refractivity contribution < 1.29 is 33.3 Å². The normalized spacial score (nSPS) is 24.8. The van der Waals surface area contributed by atoms with E-state index in [0.717, 1.165) is 41.5 Å². The van der Waals surface area contributed by atoms with E-state index in [9.17, 15) is 14.0 Å². The number of hydrogen-bond acceptors (Lipinski definition) is 5. The molecule has 1 aliphatic carbocycles. The molecule has 2 unspecified atom stereocenters. The number of carboxylic acid groups (broad SMARTS) is 1. The molecule has 0 saturated carbocycles. The molecule has 1 fully saturated rings. The highest BCUT2D eigenvalue weighted by Gasteiger charge is 2.45. The fraction of sp³-hybridized carbons (Fsp3) is 0.517. The number of unbranched alkanes of at least 4 members (excludes halogenated alkanes) is 2. The van der Waals surface area contributed by atoms with Gasteiger partial charge in [0.1, 0.15) is 13.3 Å². The van der Waals surface area contributed by atoms with Gasteiger partial charge in [-0.1, -0.05) is 61.4 Å². The minimum atomic E-state index is -1.57. The maximum atomic E-state index is 14.2. The lowest BCUT2D eigenvalue weighted by atomic mass is 9.89. The molecule has 8 heteroatoms. The number of amides is 1. The van der Waals surface area contributed by atoms with Gasteiger partial charge >= 0.3 is 12.1 Å². The van der Waals surface area contributed by atoms with Gasteiger partial charge in [0.25, 0.3) is 0 Å². The largest absolute Gasteiger partial charge is 0.481 e. The van der Waals surface area contributed by atoms with E-state index < -0.39 is 24.5 Å². The number of aliphatic carboxylic acids is 1. The lowest BCUT2D eigenvalue weighted by Crippen LogP contribution is -2.58. The molecule has 7 nitrogen and oxygen atoms in total. The summed E-state index contributed by atoms with van der Waals surface area (Å²) in [6.45, 7) is 2.87. The second kappa shape index (κ2) is 12.0. The van der Waals surface area contributed by atoms with Gasteiger partial charge in [0.15, 0.2) is 0 Å². The van der Waals surface area contributed by atoms with Gasteiger partial charge in [-0.05, 0) is 48.9 Å². The van der Waals surface area contributed by atoms with E-state index in [2.05, 4.69) is 29.6 Å². The molecular weight excluding hydrogens is 477 g/mol. The Bertz CT molecular complexity index is 1030. The van der Waals surface area contributed by atoms with E-state index in [1.54, 1.807) is 0 Å². The first-order valence-corrected chi connectivity index (χ1v) is 13.1. The second-order valence-corrected chi connectivity index (χ2v) is 10.0. The lowest BCUT2D eigenvalue weighted by Gasteiger charge is -2.46. The number of nitrogens with one attached hydrogen (secondary N) is 1. The van der Waals surface area contributed by atoms with Crippen LogP contribution in [-0.2, 0) is 19.0 Å². The first-order chi connectivity index (χ1) is 17.8. The van der Waals surface area contributed by atoms with Crippen molar-refractivity contribution in [3.05, 3.63) is 59.7 Å². The van der Waals surface area contributed by atoms with Gasteiger partial charge in [-0.25, -0.2) is 9.18 Å². The van der Waals surface area contributed by atoms with Crippen molar-refractivity contribution in [2.24, 2.45) is 5.92 Å². The Morgan fingerprint density at radius 2 is 1.57 bits per heavy atom. The summed E-state index contributed by atoms with van der Waals surface area (Å²) < 4.78 is 31.6. The molecule has 200 valence electrons. The average molecular weight is 514 g/mol. The molecule has 1 amide bonds. The summed E-state index contributed by atoms with van der Waals surface area (Å²) in [4.78, 5) is 23.3. The molecule has 0 spiro atoms. The van der Waals surface area contributed by atoms with Crippen LogP contribution in [0.2, 0.25) is 0 Å². The highest BCUT2D eigenvalue weighted by molar-refractivity contribution is 5.79. The predicted molar refractivity (Wildman–Crippen MR) is 137 cm³/mol. The average Bonchev–Trinajstić information content (AvgIpc) is 3.21. The first kappa shape index (κ1) is 27.1. The summed E-state index contributed by atoms with van der Waals surface area (Å²) in [7, 11) is 0. The van der Waals surface area contributed by atoms with Crippen LogP contribution in [0.1, 0.15) is 63.0 Å². The number of rotatable bonds is 11. The van der Waals surface area contributed by atoms with Crippen molar-refractivity contribution in [2.75, 3.05) is 19.8 Å². The van der Waals surface area contributed by atoms with Crippen LogP contribution >= 0.6 is 0 Å². The fourth-order valence-corrected chi connectivity index (χ4v) is 5.61. The summed E-state index contributed by atoms with van der Waals surface area (Å²) in [6, 6.07) is 16.2. The van der Waals surface area contributed by atoms with Crippen LogP contribution in [0.25, 0.3) is 11.1 Å². The molecule has 0 aromatic heterocycles. The number of carboxylic acids is 1. The SMILES string of the molecule is CC1OC(CF)(CNC(=O)OCC2c3ccccc3-c3ccccc32)OC(C)C1CCCCCC(=O)O. The van der Waals surface area contributed by atoms with Crippen LogP contribution in [0.3, 0.4) is 0 Å². The molecule has 2 aromatic carbocycles. The highest BCUT2D eigenvalue weighted by Crippen LogP contribution is 2.44. The van der Waals surface area contributed by atoms with E-state index in [1.807, 2.05) is 38.1 Å². The number of ether oxygens (including phenoxy) is 3.